The molecule has 1 aliphatic rings. The van der Waals surface area contributed by atoms with Crippen molar-refractivity contribution in [2.75, 3.05) is 6.54 Å². The lowest BCUT2D eigenvalue weighted by Crippen LogP contribution is -2.48. The third-order valence-corrected chi connectivity index (χ3v) is 4.13. The van der Waals surface area contributed by atoms with E-state index < -0.39 is 6.03 Å². The maximum atomic E-state index is 12.2. The van der Waals surface area contributed by atoms with E-state index in [1.165, 1.54) is 18.4 Å². The first-order chi connectivity index (χ1) is 11.0. The number of rotatable bonds is 7. The van der Waals surface area contributed by atoms with Gasteiger partial charge in [-0.25, -0.2) is 4.79 Å². The zero-order valence-corrected chi connectivity index (χ0v) is 14.2. The summed E-state index contributed by atoms with van der Waals surface area (Å²) in [6.07, 6.45) is 2.45. The molecule has 2 N–H and O–H groups in total. The van der Waals surface area contributed by atoms with Gasteiger partial charge in [-0.1, -0.05) is 30.3 Å². The van der Waals surface area contributed by atoms with Crippen molar-refractivity contribution in [1.82, 2.24) is 15.5 Å². The minimum Gasteiger partial charge on any atom is -0.336 e. The number of hydrogen-bond acceptors (Lipinski definition) is 3. The van der Waals surface area contributed by atoms with E-state index in [0.717, 1.165) is 6.54 Å². The molecule has 23 heavy (non-hydrogen) atoms. The largest absolute Gasteiger partial charge is 0.336 e. The molecule has 0 aromatic heterocycles. The molecule has 0 bridgehead atoms. The van der Waals surface area contributed by atoms with Gasteiger partial charge in [0.1, 0.15) is 0 Å². The zero-order chi connectivity index (χ0) is 16.8. The van der Waals surface area contributed by atoms with Gasteiger partial charge in [0, 0.05) is 18.6 Å². The van der Waals surface area contributed by atoms with Crippen molar-refractivity contribution in [3.05, 3.63) is 35.9 Å². The molecule has 1 saturated carbocycles. The monoisotopic (exact) mass is 317 g/mol. The second kappa shape index (κ2) is 8.11. The number of nitrogens with zero attached hydrogens (tertiary/aromatic N) is 1. The van der Waals surface area contributed by atoms with Gasteiger partial charge in [0.2, 0.25) is 5.91 Å². The van der Waals surface area contributed by atoms with Gasteiger partial charge in [-0.2, -0.15) is 0 Å². The van der Waals surface area contributed by atoms with Crippen LogP contribution in [-0.4, -0.2) is 35.5 Å². The number of benzene rings is 1. The van der Waals surface area contributed by atoms with E-state index in [0.29, 0.717) is 12.0 Å². The topological polar surface area (TPSA) is 61.4 Å². The third kappa shape index (κ3) is 6.02. The van der Waals surface area contributed by atoms with Gasteiger partial charge in [-0.15, -0.1) is 0 Å². The normalized spacial score (nSPS) is 15.5. The van der Waals surface area contributed by atoms with Crippen molar-refractivity contribution in [3.8, 4) is 0 Å². The summed E-state index contributed by atoms with van der Waals surface area (Å²) >= 11 is 0. The molecule has 1 aromatic carbocycles. The van der Waals surface area contributed by atoms with Gasteiger partial charge in [0.25, 0.3) is 0 Å². The van der Waals surface area contributed by atoms with E-state index >= 15 is 0 Å². The Kier molecular flexibility index (Phi) is 6.16. The molecule has 1 fully saturated rings. The lowest BCUT2D eigenvalue weighted by Gasteiger charge is -2.28. The average Bonchev–Trinajstić information content (AvgIpc) is 3.30. The van der Waals surface area contributed by atoms with E-state index in [1.54, 1.807) is 0 Å². The minimum absolute atomic E-state index is 0.00797. The molecule has 5 nitrogen and oxygen atoms in total. The minimum atomic E-state index is -0.427. The lowest BCUT2D eigenvalue weighted by molar-refractivity contribution is -0.121. The second-order valence-electron chi connectivity index (χ2n) is 6.64. The molecule has 0 heterocycles. The Labute approximate surface area is 138 Å². The van der Waals surface area contributed by atoms with E-state index in [4.69, 9.17) is 0 Å². The van der Waals surface area contributed by atoms with Crippen molar-refractivity contribution in [2.45, 2.75) is 52.2 Å². The van der Waals surface area contributed by atoms with Crippen LogP contribution in [0.25, 0.3) is 0 Å². The van der Waals surface area contributed by atoms with Crippen LogP contribution in [0.4, 0.5) is 4.79 Å². The first-order valence-electron chi connectivity index (χ1n) is 8.34. The lowest BCUT2D eigenvalue weighted by atomic mass is 10.1. The van der Waals surface area contributed by atoms with Gasteiger partial charge in [0.05, 0.1) is 6.54 Å². The summed E-state index contributed by atoms with van der Waals surface area (Å²) in [6.45, 7) is 6.85. The van der Waals surface area contributed by atoms with E-state index in [2.05, 4.69) is 34.6 Å². The molecule has 2 rings (SSSR count). The molecule has 5 heteroatoms. The molecule has 1 aromatic rings. The fourth-order valence-electron chi connectivity index (χ4n) is 2.69. The predicted molar refractivity (Wildman–Crippen MR) is 90.8 cm³/mol. The van der Waals surface area contributed by atoms with Crippen LogP contribution >= 0.6 is 0 Å². The van der Waals surface area contributed by atoms with Gasteiger partial charge in [0.15, 0.2) is 0 Å². The van der Waals surface area contributed by atoms with Crippen LogP contribution in [0.5, 0.6) is 0 Å². The zero-order valence-electron chi connectivity index (χ0n) is 14.2. The highest BCUT2D eigenvalue weighted by molar-refractivity contribution is 5.95. The Morgan fingerprint density at radius 2 is 1.83 bits per heavy atom. The average molecular weight is 317 g/mol. The molecule has 0 radical (unpaired) electrons. The van der Waals surface area contributed by atoms with Crippen LogP contribution in [-0.2, 0) is 11.3 Å². The third-order valence-electron chi connectivity index (χ3n) is 4.13. The molecule has 0 aliphatic heterocycles. The molecular formula is C18H27N3O2. The fourth-order valence-corrected chi connectivity index (χ4v) is 2.69. The first kappa shape index (κ1) is 17.5. The Bertz CT molecular complexity index is 526. The summed E-state index contributed by atoms with van der Waals surface area (Å²) in [4.78, 5) is 26.0. The molecule has 126 valence electrons. The van der Waals surface area contributed by atoms with Crippen LogP contribution in [0.3, 0.4) is 0 Å². The highest BCUT2D eigenvalue weighted by Gasteiger charge is 2.32. The fraction of sp³-hybridized carbons (Fsp3) is 0.556. The van der Waals surface area contributed by atoms with Crippen molar-refractivity contribution < 1.29 is 9.59 Å². The van der Waals surface area contributed by atoms with Crippen LogP contribution in [0, 0.1) is 5.92 Å². The molecule has 1 aliphatic carbocycles. The Morgan fingerprint density at radius 3 is 2.39 bits per heavy atom. The number of carbonyl (C=O) groups excluding carboxylic acids is 2. The molecule has 1 unspecified atom stereocenters. The maximum absolute atomic E-state index is 12.2. The number of nitrogens with one attached hydrogen (secondary N) is 2. The van der Waals surface area contributed by atoms with Crippen molar-refractivity contribution in [3.63, 3.8) is 0 Å². The SMILES string of the molecule is CC(C)NC(=O)NC(=O)CN(Cc1ccccc1)C(C)C1CC1. The van der Waals surface area contributed by atoms with Crippen LogP contribution < -0.4 is 10.6 Å². The van der Waals surface area contributed by atoms with Crippen LogP contribution in [0.15, 0.2) is 30.3 Å². The van der Waals surface area contributed by atoms with Crippen LogP contribution in [0.1, 0.15) is 39.2 Å². The second-order valence-corrected chi connectivity index (χ2v) is 6.64. The summed E-state index contributed by atoms with van der Waals surface area (Å²) in [7, 11) is 0. The van der Waals surface area contributed by atoms with Gasteiger partial charge in [-0.3, -0.25) is 15.0 Å². The highest BCUT2D eigenvalue weighted by atomic mass is 16.2. The highest BCUT2D eigenvalue weighted by Crippen LogP contribution is 2.35. The summed E-state index contributed by atoms with van der Waals surface area (Å²) in [5.41, 5.74) is 1.18. The summed E-state index contributed by atoms with van der Waals surface area (Å²) in [5.74, 6) is 0.405. The predicted octanol–water partition coefficient (Wildman–Crippen LogP) is 2.52. The quantitative estimate of drug-likeness (QED) is 0.812. The molecule has 0 spiro atoms. The molecule has 0 saturated heterocycles. The van der Waals surface area contributed by atoms with E-state index in [-0.39, 0.29) is 18.5 Å². The number of hydrogen-bond donors (Lipinski definition) is 2. The van der Waals surface area contributed by atoms with Crippen LogP contribution in [0.2, 0.25) is 0 Å². The number of imide groups is 1. The van der Waals surface area contributed by atoms with Crippen molar-refractivity contribution >= 4 is 11.9 Å². The maximum Gasteiger partial charge on any atom is 0.321 e. The molecular weight excluding hydrogens is 290 g/mol. The Balaban J connectivity index is 1.94. The Hall–Kier alpha value is -1.88. The number of urea groups is 1. The van der Waals surface area contributed by atoms with Gasteiger partial charge < -0.3 is 5.32 Å². The summed E-state index contributed by atoms with van der Waals surface area (Å²) in [6, 6.07) is 10.1. The smallest absolute Gasteiger partial charge is 0.321 e. The number of amides is 3. The summed E-state index contributed by atoms with van der Waals surface area (Å²) < 4.78 is 0. The molecule has 3 amide bonds. The molecule has 1 atom stereocenters. The Morgan fingerprint density at radius 1 is 1.17 bits per heavy atom. The summed E-state index contributed by atoms with van der Waals surface area (Å²) in [5, 5.41) is 5.08. The van der Waals surface area contributed by atoms with Crippen molar-refractivity contribution in [2.24, 2.45) is 5.92 Å². The standard InChI is InChI=1S/C18H27N3O2/c1-13(2)19-18(23)20-17(22)12-21(14(3)16-9-10-16)11-15-7-5-4-6-8-15/h4-8,13-14,16H,9-12H2,1-3H3,(H2,19,20,22,23). The van der Waals surface area contributed by atoms with E-state index in [9.17, 15) is 9.59 Å². The first-order valence-corrected chi connectivity index (χ1v) is 8.34. The van der Waals surface area contributed by atoms with Gasteiger partial charge >= 0.3 is 6.03 Å². The number of carbonyl (C=O) groups is 2. The van der Waals surface area contributed by atoms with E-state index in [1.807, 2.05) is 32.0 Å². The van der Waals surface area contributed by atoms with Crippen molar-refractivity contribution in [1.29, 1.82) is 0 Å². The van der Waals surface area contributed by atoms with Gasteiger partial charge in [-0.05, 0) is 45.1 Å².